The van der Waals surface area contributed by atoms with Crippen molar-refractivity contribution in [2.75, 3.05) is 6.54 Å². The summed E-state index contributed by atoms with van der Waals surface area (Å²) in [6.07, 6.45) is 6.16. The summed E-state index contributed by atoms with van der Waals surface area (Å²) in [7, 11) is 0. The molecule has 1 aliphatic rings. The summed E-state index contributed by atoms with van der Waals surface area (Å²) in [5.74, 6) is 0.203. The van der Waals surface area contributed by atoms with Crippen LogP contribution in [-0.4, -0.2) is 42.1 Å². The van der Waals surface area contributed by atoms with Crippen LogP contribution in [0.3, 0.4) is 0 Å². The molecule has 2 atom stereocenters. The van der Waals surface area contributed by atoms with E-state index in [4.69, 9.17) is 0 Å². The average Bonchev–Trinajstić information content (AvgIpc) is 2.89. The molecule has 0 fully saturated rings. The van der Waals surface area contributed by atoms with Gasteiger partial charge in [-0.15, -0.1) is 0 Å². The fourth-order valence-electron chi connectivity index (χ4n) is 2.41. The summed E-state index contributed by atoms with van der Waals surface area (Å²) in [6.45, 7) is 8.47. The van der Waals surface area contributed by atoms with Crippen molar-refractivity contribution in [2.45, 2.75) is 77.4 Å². The van der Waals surface area contributed by atoms with Gasteiger partial charge < -0.3 is 10.6 Å². The van der Waals surface area contributed by atoms with E-state index in [2.05, 4.69) is 36.4 Å². The Morgan fingerprint density at radius 1 is 1.33 bits per heavy atom. The van der Waals surface area contributed by atoms with Crippen LogP contribution in [-0.2, 0) is 9.59 Å². The van der Waals surface area contributed by atoms with Gasteiger partial charge in [0, 0.05) is 12.1 Å². The predicted octanol–water partition coefficient (Wildman–Crippen LogP) is 1.85. The molecule has 1 amide bonds. The van der Waals surface area contributed by atoms with Crippen LogP contribution >= 0.6 is 0 Å². The van der Waals surface area contributed by atoms with Crippen LogP contribution in [0.4, 0.5) is 0 Å². The second-order valence-electron chi connectivity index (χ2n) is 6.77. The Hall–Kier alpha value is -1.23. The van der Waals surface area contributed by atoms with E-state index in [1.165, 1.54) is 0 Å². The van der Waals surface area contributed by atoms with Crippen LogP contribution in [0.25, 0.3) is 0 Å². The van der Waals surface area contributed by atoms with E-state index < -0.39 is 0 Å². The highest BCUT2D eigenvalue weighted by Crippen LogP contribution is 2.09. The van der Waals surface area contributed by atoms with Gasteiger partial charge in [0.2, 0.25) is 5.91 Å². The highest BCUT2D eigenvalue weighted by molar-refractivity contribution is 5.85. The summed E-state index contributed by atoms with van der Waals surface area (Å²) in [6, 6.07) is -0.280. The standard InChI is InChI=1S/C16H29N3O2/c1-12(20)13(19-16(2,3)4)8-5-6-10-18-15(21)14-9-7-11-17-14/h11,13-14,19H,5-10H2,1-4H3,(H,18,21). The molecule has 0 aromatic carbocycles. The van der Waals surface area contributed by atoms with Crippen LogP contribution in [0, 0.1) is 0 Å². The maximum Gasteiger partial charge on any atom is 0.244 e. The molecule has 0 spiro atoms. The lowest BCUT2D eigenvalue weighted by molar-refractivity contribution is -0.122. The maximum absolute atomic E-state index is 11.7. The minimum Gasteiger partial charge on any atom is -0.354 e. The molecule has 0 aliphatic carbocycles. The van der Waals surface area contributed by atoms with Crippen molar-refractivity contribution >= 4 is 17.9 Å². The van der Waals surface area contributed by atoms with E-state index in [9.17, 15) is 9.59 Å². The summed E-state index contributed by atoms with van der Waals surface area (Å²) in [5, 5.41) is 6.26. The Morgan fingerprint density at radius 2 is 2.05 bits per heavy atom. The molecule has 1 rings (SSSR count). The van der Waals surface area contributed by atoms with Crippen molar-refractivity contribution in [2.24, 2.45) is 4.99 Å². The monoisotopic (exact) mass is 295 g/mol. The third kappa shape index (κ3) is 7.37. The number of hydrogen-bond acceptors (Lipinski definition) is 4. The zero-order valence-corrected chi connectivity index (χ0v) is 13.7. The molecule has 120 valence electrons. The number of Topliss-reactive ketones (excluding diaryl/α,β-unsaturated/α-hetero) is 1. The molecule has 0 saturated heterocycles. The van der Waals surface area contributed by atoms with E-state index in [1.54, 1.807) is 6.92 Å². The van der Waals surface area contributed by atoms with Crippen LogP contribution in [0.5, 0.6) is 0 Å². The maximum atomic E-state index is 11.7. The van der Waals surface area contributed by atoms with Crippen molar-refractivity contribution in [3.63, 3.8) is 0 Å². The van der Waals surface area contributed by atoms with Crippen LogP contribution < -0.4 is 10.6 Å². The minimum atomic E-state index is -0.183. The van der Waals surface area contributed by atoms with Gasteiger partial charge in [0.25, 0.3) is 0 Å². The molecule has 0 aromatic rings. The van der Waals surface area contributed by atoms with E-state index >= 15 is 0 Å². The lowest BCUT2D eigenvalue weighted by Gasteiger charge is -2.27. The van der Waals surface area contributed by atoms with Gasteiger partial charge in [-0.25, -0.2) is 0 Å². The highest BCUT2D eigenvalue weighted by atomic mass is 16.2. The molecule has 21 heavy (non-hydrogen) atoms. The Balaban J connectivity index is 2.18. The Labute approximate surface area is 128 Å². The van der Waals surface area contributed by atoms with Gasteiger partial charge in [-0.1, -0.05) is 0 Å². The molecule has 2 N–H and O–H groups in total. The molecular weight excluding hydrogens is 266 g/mol. The number of carbonyl (C=O) groups is 2. The number of aliphatic imine (C=N–C) groups is 1. The molecule has 0 radical (unpaired) electrons. The first kappa shape index (κ1) is 17.8. The van der Waals surface area contributed by atoms with Gasteiger partial charge in [0.1, 0.15) is 11.8 Å². The Bertz CT molecular complexity index is 385. The van der Waals surface area contributed by atoms with Crippen molar-refractivity contribution in [3.8, 4) is 0 Å². The van der Waals surface area contributed by atoms with Gasteiger partial charge in [0.05, 0.1) is 6.04 Å². The van der Waals surface area contributed by atoms with E-state index in [-0.39, 0.29) is 29.3 Å². The normalized spacial score (nSPS) is 19.5. The number of nitrogens with one attached hydrogen (secondary N) is 2. The summed E-state index contributed by atoms with van der Waals surface area (Å²) >= 11 is 0. The second-order valence-corrected chi connectivity index (χ2v) is 6.77. The van der Waals surface area contributed by atoms with Gasteiger partial charge >= 0.3 is 0 Å². The van der Waals surface area contributed by atoms with Crippen LogP contribution in [0.15, 0.2) is 4.99 Å². The molecule has 0 saturated carbocycles. The Morgan fingerprint density at radius 3 is 2.57 bits per heavy atom. The summed E-state index contributed by atoms with van der Waals surface area (Å²) in [5.41, 5.74) is -0.0645. The van der Waals surface area contributed by atoms with Gasteiger partial charge in [0.15, 0.2) is 0 Å². The predicted molar refractivity (Wildman–Crippen MR) is 85.7 cm³/mol. The molecule has 1 aliphatic heterocycles. The number of carbonyl (C=O) groups excluding carboxylic acids is 2. The van der Waals surface area contributed by atoms with Gasteiger partial charge in [-0.3, -0.25) is 14.6 Å². The SMILES string of the molecule is CC(=O)C(CCCCNC(=O)C1CCC=N1)NC(C)(C)C. The third-order valence-electron chi connectivity index (χ3n) is 3.47. The Kier molecular flexibility index (Phi) is 7.02. The number of rotatable bonds is 8. The summed E-state index contributed by atoms with van der Waals surface area (Å²) < 4.78 is 0. The second kappa shape index (κ2) is 8.27. The quantitative estimate of drug-likeness (QED) is 0.671. The van der Waals surface area contributed by atoms with Gasteiger partial charge in [-0.05, 0) is 66.0 Å². The number of unbranched alkanes of at least 4 members (excludes halogenated alkanes) is 1. The van der Waals surface area contributed by atoms with Crippen molar-refractivity contribution in [3.05, 3.63) is 0 Å². The van der Waals surface area contributed by atoms with E-state index in [1.807, 2.05) is 6.21 Å². The third-order valence-corrected chi connectivity index (χ3v) is 3.47. The molecule has 1 heterocycles. The van der Waals surface area contributed by atoms with Crippen LogP contribution in [0.2, 0.25) is 0 Å². The van der Waals surface area contributed by atoms with Crippen LogP contribution in [0.1, 0.15) is 59.8 Å². The fourth-order valence-corrected chi connectivity index (χ4v) is 2.41. The summed E-state index contributed by atoms with van der Waals surface area (Å²) in [4.78, 5) is 27.5. The number of ketones is 1. The first-order valence-corrected chi connectivity index (χ1v) is 7.87. The topological polar surface area (TPSA) is 70.6 Å². The molecule has 5 nitrogen and oxygen atoms in total. The smallest absolute Gasteiger partial charge is 0.244 e. The number of nitrogens with zero attached hydrogens (tertiary/aromatic N) is 1. The largest absolute Gasteiger partial charge is 0.354 e. The van der Waals surface area contributed by atoms with Gasteiger partial charge in [-0.2, -0.15) is 0 Å². The molecule has 5 heteroatoms. The average molecular weight is 295 g/mol. The first-order chi connectivity index (χ1) is 9.79. The lowest BCUT2D eigenvalue weighted by Crippen LogP contribution is -2.47. The molecule has 0 bridgehead atoms. The van der Waals surface area contributed by atoms with Crippen molar-refractivity contribution in [1.82, 2.24) is 10.6 Å². The minimum absolute atomic E-state index is 0.0275. The van der Waals surface area contributed by atoms with E-state index in [0.717, 1.165) is 32.1 Å². The molecule has 2 unspecified atom stereocenters. The number of amides is 1. The zero-order valence-electron chi connectivity index (χ0n) is 13.7. The fraction of sp³-hybridized carbons (Fsp3) is 0.812. The highest BCUT2D eigenvalue weighted by Gasteiger charge is 2.21. The van der Waals surface area contributed by atoms with E-state index in [0.29, 0.717) is 6.54 Å². The van der Waals surface area contributed by atoms with Crippen molar-refractivity contribution < 1.29 is 9.59 Å². The lowest BCUT2D eigenvalue weighted by atomic mass is 10.0. The zero-order chi connectivity index (χ0) is 15.9. The number of hydrogen-bond donors (Lipinski definition) is 2. The molecular formula is C16H29N3O2. The van der Waals surface area contributed by atoms with Crippen molar-refractivity contribution in [1.29, 1.82) is 0 Å². The molecule has 0 aromatic heterocycles. The first-order valence-electron chi connectivity index (χ1n) is 7.87.